The van der Waals surface area contributed by atoms with Crippen LogP contribution in [0, 0.1) is 0 Å². The fourth-order valence-corrected chi connectivity index (χ4v) is 4.93. The van der Waals surface area contributed by atoms with Crippen molar-refractivity contribution < 1.29 is 4.74 Å². The summed E-state index contributed by atoms with van der Waals surface area (Å²) in [6.07, 6.45) is 6.50. The first kappa shape index (κ1) is 20.0. The number of hydrogen-bond donors (Lipinski definition) is 2. The number of benzene rings is 2. The van der Waals surface area contributed by atoms with Crippen LogP contribution >= 0.6 is 11.6 Å². The number of nitrogens with two attached hydrogens (primary N) is 1. The molecule has 4 rings (SSSR count). The van der Waals surface area contributed by atoms with Gasteiger partial charge < -0.3 is 15.5 Å². The standard InChI is InChI=1S/C24H27ClN2O2/c1-2-22(26)24(17-6-4-3-5-7-17)11-8-18(9-12-24)29-21-14-16-10-13-27-23(28)19(16)15-20(21)25/h3-7,10,13-15,18,22H,2,8-9,11-12,26H2,1H3,(H,27,28)/t18?,22-,24?/m0/s1. The summed E-state index contributed by atoms with van der Waals surface area (Å²) < 4.78 is 6.29. The van der Waals surface area contributed by atoms with Gasteiger partial charge in [0.25, 0.3) is 5.56 Å². The van der Waals surface area contributed by atoms with Gasteiger partial charge in [0.1, 0.15) is 5.75 Å². The first-order chi connectivity index (χ1) is 14.0. The summed E-state index contributed by atoms with van der Waals surface area (Å²) in [4.78, 5) is 14.6. The van der Waals surface area contributed by atoms with E-state index < -0.39 is 0 Å². The van der Waals surface area contributed by atoms with E-state index in [1.807, 2.05) is 12.1 Å². The third kappa shape index (κ3) is 3.79. The van der Waals surface area contributed by atoms with Crippen LogP contribution in [-0.4, -0.2) is 17.1 Å². The molecular formula is C24H27ClN2O2. The molecular weight excluding hydrogens is 384 g/mol. The summed E-state index contributed by atoms with van der Waals surface area (Å²) in [5, 5.41) is 1.88. The predicted octanol–water partition coefficient (Wildman–Crippen LogP) is 5.18. The highest BCUT2D eigenvalue weighted by molar-refractivity contribution is 6.32. The van der Waals surface area contributed by atoms with Crippen molar-refractivity contribution in [2.45, 2.75) is 56.6 Å². The Balaban J connectivity index is 1.54. The van der Waals surface area contributed by atoms with Gasteiger partial charge in [-0.05, 0) is 61.3 Å². The van der Waals surface area contributed by atoms with E-state index in [1.165, 1.54) is 5.56 Å². The Hall–Kier alpha value is -2.30. The van der Waals surface area contributed by atoms with E-state index in [4.69, 9.17) is 22.1 Å². The molecule has 1 atom stereocenters. The van der Waals surface area contributed by atoms with Crippen LogP contribution in [0.15, 0.2) is 59.5 Å². The first-order valence-corrected chi connectivity index (χ1v) is 10.7. The summed E-state index contributed by atoms with van der Waals surface area (Å²) in [6, 6.07) is 16.2. The summed E-state index contributed by atoms with van der Waals surface area (Å²) >= 11 is 6.42. The molecule has 1 saturated carbocycles. The maximum Gasteiger partial charge on any atom is 0.255 e. The second-order valence-corrected chi connectivity index (χ2v) is 8.44. The Morgan fingerprint density at radius 2 is 1.93 bits per heavy atom. The van der Waals surface area contributed by atoms with Crippen LogP contribution in [0.25, 0.3) is 10.8 Å². The Kier molecular flexibility index (Phi) is 5.66. The average Bonchev–Trinajstić information content (AvgIpc) is 2.76. The second-order valence-electron chi connectivity index (χ2n) is 8.03. The Morgan fingerprint density at radius 1 is 1.21 bits per heavy atom. The van der Waals surface area contributed by atoms with Crippen LogP contribution in [0.2, 0.25) is 5.02 Å². The van der Waals surface area contributed by atoms with Gasteiger partial charge in [-0.25, -0.2) is 0 Å². The van der Waals surface area contributed by atoms with E-state index >= 15 is 0 Å². The van der Waals surface area contributed by atoms with E-state index in [0.29, 0.717) is 16.2 Å². The van der Waals surface area contributed by atoms with Crippen molar-refractivity contribution in [1.82, 2.24) is 4.98 Å². The van der Waals surface area contributed by atoms with Crippen LogP contribution in [0.4, 0.5) is 0 Å². The van der Waals surface area contributed by atoms with Crippen LogP contribution in [0.3, 0.4) is 0 Å². The molecule has 0 unspecified atom stereocenters. The smallest absolute Gasteiger partial charge is 0.255 e. The molecule has 0 radical (unpaired) electrons. The third-order valence-corrected chi connectivity index (χ3v) is 6.74. The SMILES string of the molecule is CC[C@H](N)C1(c2ccccc2)CCC(Oc2cc3cc[nH]c(=O)c3cc2Cl)CC1. The highest BCUT2D eigenvalue weighted by Crippen LogP contribution is 2.44. The molecule has 3 aromatic rings. The summed E-state index contributed by atoms with van der Waals surface area (Å²) in [7, 11) is 0. The molecule has 0 saturated heterocycles. The molecule has 1 aliphatic rings. The molecule has 1 aromatic heterocycles. The molecule has 0 spiro atoms. The van der Waals surface area contributed by atoms with Gasteiger partial charge in [-0.3, -0.25) is 4.79 Å². The molecule has 1 aliphatic carbocycles. The molecule has 0 amide bonds. The molecule has 4 nitrogen and oxygen atoms in total. The third-order valence-electron chi connectivity index (χ3n) is 6.44. The lowest BCUT2D eigenvalue weighted by Gasteiger charge is -2.44. The summed E-state index contributed by atoms with van der Waals surface area (Å²) in [6.45, 7) is 2.16. The predicted molar refractivity (Wildman–Crippen MR) is 119 cm³/mol. The van der Waals surface area contributed by atoms with Crippen LogP contribution in [0.5, 0.6) is 5.75 Å². The normalized spacial score (nSPS) is 23.1. The molecule has 1 heterocycles. The molecule has 0 bridgehead atoms. The molecule has 3 N–H and O–H groups in total. The number of pyridine rings is 1. The molecule has 29 heavy (non-hydrogen) atoms. The molecule has 0 aliphatic heterocycles. The summed E-state index contributed by atoms with van der Waals surface area (Å²) in [5.74, 6) is 0.641. The van der Waals surface area contributed by atoms with Crippen molar-refractivity contribution in [2.75, 3.05) is 0 Å². The minimum absolute atomic E-state index is 0.00363. The van der Waals surface area contributed by atoms with Crippen molar-refractivity contribution in [3.05, 3.63) is 75.7 Å². The Morgan fingerprint density at radius 3 is 2.62 bits per heavy atom. The Labute approximate surface area is 176 Å². The van der Waals surface area contributed by atoms with Gasteiger partial charge >= 0.3 is 0 Å². The summed E-state index contributed by atoms with van der Waals surface area (Å²) in [5.41, 5.74) is 7.80. The maximum atomic E-state index is 12.0. The van der Waals surface area contributed by atoms with Gasteiger partial charge in [-0.2, -0.15) is 0 Å². The van der Waals surface area contributed by atoms with Gasteiger partial charge in [-0.1, -0.05) is 48.9 Å². The zero-order valence-electron chi connectivity index (χ0n) is 16.7. The number of H-pyrrole nitrogens is 1. The number of fused-ring (bicyclic) bond motifs is 1. The quantitative estimate of drug-likeness (QED) is 0.609. The molecule has 5 heteroatoms. The lowest BCUT2D eigenvalue weighted by Crippen LogP contribution is -2.48. The van der Waals surface area contributed by atoms with Crippen LogP contribution in [0.1, 0.15) is 44.6 Å². The number of halogens is 1. The minimum atomic E-state index is -0.144. The van der Waals surface area contributed by atoms with Crippen molar-refractivity contribution in [2.24, 2.45) is 5.73 Å². The monoisotopic (exact) mass is 410 g/mol. The largest absolute Gasteiger partial charge is 0.489 e. The van der Waals surface area contributed by atoms with E-state index in [-0.39, 0.29) is 23.1 Å². The van der Waals surface area contributed by atoms with Crippen molar-refractivity contribution in [3.63, 3.8) is 0 Å². The first-order valence-electron chi connectivity index (χ1n) is 10.3. The topological polar surface area (TPSA) is 68.1 Å². The van der Waals surface area contributed by atoms with Gasteiger partial charge in [0, 0.05) is 23.0 Å². The fraction of sp³-hybridized carbons (Fsp3) is 0.375. The zero-order valence-corrected chi connectivity index (χ0v) is 17.4. The number of hydrogen-bond acceptors (Lipinski definition) is 3. The van der Waals surface area contributed by atoms with Gasteiger partial charge in [0.05, 0.1) is 11.1 Å². The van der Waals surface area contributed by atoms with Gasteiger partial charge in [0.2, 0.25) is 0 Å². The van der Waals surface area contributed by atoms with Crippen LogP contribution < -0.4 is 16.0 Å². The number of nitrogens with one attached hydrogen (secondary N) is 1. The van der Waals surface area contributed by atoms with Crippen molar-refractivity contribution >= 4 is 22.4 Å². The van der Waals surface area contributed by atoms with Gasteiger partial charge in [0.15, 0.2) is 0 Å². The number of aromatic nitrogens is 1. The lowest BCUT2D eigenvalue weighted by molar-refractivity contribution is 0.104. The highest BCUT2D eigenvalue weighted by atomic mass is 35.5. The van der Waals surface area contributed by atoms with E-state index in [9.17, 15) is 4.79 Å². The minimum Gasteiger partial charge on any atom is -0.489 e. The lowest BCUT2D eigenvalue weighted by atomic mass is 9.64. The average molecular weight is 411 g/mol. The number of ether oxygens (including phenoxy) is 1. The highest BCUT2D eigenvalue weighted by Gasteiger charge is 2.41. The van der Waals surface area contributed by atoms with E-state index in [2.05, 4.69) is 42.2 Å². The fourth-order valence-electron chi connectivity index (χ4n) is 4.72. The number of aromatic amines is 1. The van der Waals surface area contributed by atoms with E-state index in [0.717, 1.165) is 37.5 Å². The van der Waals surface area contributed by atoms with E-state index in [1.54, 1.807) is 12.3 Å². The van der Waals surface area contributed by atoms with Gasteiger partial charge in [-0.15, -0.1) is 0 Å². The van der Waals surface area contributed by atoms with Crippen molar-refractivity contribution in [3.8, 4) is 5.75 Å². The zero-order chi connectivity index (χ0) is 20.4. The molecule has 152 valence electrons. The second kappa shape index (κ2) is 8.21. The Bertz CT molecular complexity index is 1040. The maximum absolute atomic E-state index is 12.0. The molecule has 2 aromatic carbocycles. The number of rotatable bonds is 5. The molecule has 1 fully saturated rings. The van der Waals surface area contributed by atoms with Crippen LogP contribution in [-0.2, 0) is 5.41 Å². The van der Waals surface area contributed by atoms with Crippen molar-refractivity contribution in [1.29, 1.82) is 0 Å².